The Hall–Kier alpha value is -1.60. The molecule has 1 aliphatic heterocycles. The largest absolute Gasteiger partial charge is 0.378 e. The van der Waals surface area contributed by atoms with Crippen LogP contribution in [-0.4, -0.2) is 69.6 Å². The van der Waals surface area contributed by atoms with E-state index in [-0.39, 0.29) is 11.7 Å². The first kappa shape index (κ1) is 18.7. The molecular formula is C17H27N3O3S. The molecule has 1 amide bonds. The van der Waals surface area contributed by atoms with Gasteiger partial charge in [0.1, 0.15) is 0 Å². The predicted molar refractivity (Wildman–Crippen MR) is 96.9 cm³/mol. The minimum atomic E-state index is -3.20. The highest BCUT2D eigenvalue weighted by atomic mass is 32.2. The molecule has 0 aliphatic carbocycles. The summed E-state index contributed by atoms with van der Waals surface area (Å²) in [6.07, 6.45) is 1.28. The fraction of sp³-hybridized carbons (Fsp3) is 0.588. The molecule has 1 heterocycles. The Labute approximate surface area is 145 Å². The van der Waals surface area contributed by atoms with E-state index < -0.39 is 10.0 Å². The second-order valence-corrected chi connectivity index (χ2v) is 8.39. The smallest absolute Gasteiger partial charge is 0.253 e. The Balaban J connectivity index is 2.08. The van der Waals surface area contributed by atoms with Crippen LogP contribution in [0.1, 0.15) is 30.1 Å². The zero-order chi connectivity index (χ0) is 17.7. The molecule has 6 nitrogen and oxygen atoms in total. The van der Waals surface area contributed by atoms with Gasteiger partial charge in [0.2, 0.25) is 10.0 Å². The topological polar surface area (TPSA) is 60.9 Å². The predicted octanol–water partition coefficient (Wildman–Crippen LogP) is 1.64. The highest BCUT2D eigenvalue weighted by molar-refractivity contribution is 7.89. The normalized spacial score (nSPS) is 16.7. The molecule has 7 heteroatoms. The Morgan fingerprint density at radius 2 is 1.92 bits per heavy atom. The average Bonchev–Trinajstić information content (AvgIpc) is 2.81. The number of carbonyl (C=O) groups excluding carboxylic acids is 1. The summed E-state index contributed by atoms with van der Waals surface area (Å²) in [4.78, 5) is 16.5. The van der Waals surface area contributed by atoms with Crippen LogP contribution in [0.3, 0.4) is 0 Å². The van der Waals surface area contributed by atoms with Crippen molar-refractivity contribution in [2.75, 3.05) is 50.9 Å². The molecule has 134 valence electrons. The summed E-state index contributed by atoms with van der Waals surface area (Å²) in [5.74, 6) is 0.139. The number of benzene rings is 1. The van der Waals surface area contributed by atoms with Gasteiger partial charge in [0.15, 0.2) is 0 Å². The first-order chi connectivity index (χ1) is 11.3. The lowest BCUT2D eigenvalue weighted by molar-refractivity contribution is 0.0764. The molecule has 0 atom stereocenters. The van der Waals surface area contributed by atoms with Crippen molar-refractivity contribution in [1.82, 2.24) is 9.21 Å². The van der Waals surface area contributed by atoms with Crippen molar-refractivity contribution in [2.45, 2.75) is 19.8 Å². The van der Waals surface area contributed by atoms with Crippen LogP contribution in [0.5, 0.6) is 0 Å². The van der Waals surface area contributed by atoms with Crippen LogP contribution >= 0.6 is 0 Å². The first-order valence-electron chi connectivity index (χ1n) is 8.39. The van der Waals surface area contributed by atoms with Crippen molar-refractivity contribution in [1.29, 1.82) is 0 Å². The van der Waals surface area contributed by atoms with Gasteiger partial charge in [-0.1, -0.05) is 13.0 Å². The van der Waals surface area contributed by atoms with Gasteiger partial charge < -0.3 is 9.80 Å². The lowest BCUT2D eigenvalue weighted by Gasteiger charge is -2.22. The lowest BCUT2D eigenvalue weighted by atomic mass is 10.1. The number of amides is 1. The molecule has 0 radical (unpaired) electrons. The Kier molecular flexibility index (Phi) is 6.23. The third kappa shape index (κ3) is 4.48. The van der Waals surface area contributed by atoms with E-state index in [0.29, 0.717) is 44.6 Å². The van der Waals surface area contributed by atoms with Crippen molar-refractivity contribution < 1.29 is 13.2 Å². The summed E-state index contributed by atoms with van der Waals surface area (Å²) in [7, 11) is 0.673. The minimum Gasteiger partial charge on any atom is -0.378 e. The third-order valence-electron chi connectivity index (χ3n) is 4.21. The van der Waals surface area contributed by atoms with E-state index in [1.165, 1.54) is 4.31 Å². The van der Waals surface area contributed by atoms with Gasteiger partial charge in [-0.15, -0.1) is 0 Å². The molecule has 0 N–H and O–H groups in total. The molecule has 24 heavy (non-hydrogen) atoms. The van der Waals surface area contributed by atoms with Crippen molar-refractivity contribution in [3.63, 3.8) is 0 Å². The highest BCUT2D eigenvalue weighted by Crippen LogP contribution is 2.17. The number of hydrogen-bond donors (Lipinski definition) is 0. The lowest BCUT2D eigenvalue weighted by Crippen LogP contribution is -2.38. The van der Waals surface area contributed by atoms with Gasteiger partial charge in [0.25, 0.3) is 5.91 Å². The van der Waals surface area contributed by atoms with Crippen LogP contribution in [-0.2, 0) is 10.0 Å². The van der Waals surface area contributed by atoms with E-state index in [4.69, 9.17) is 0 Å². The van der Waals surface area contributed by atoms with Gasteiger partial charge in [0.05, 0.1) is 5.75 Å². The van der Waals surface area contributed by atoms with Gasteiger partial charge in [-0.05, 0) is 31.0 Å². The maximum atomic E-state index is 12.7. The monoisotopic (exact) mass is 353 g/mol. The molecule has 0 aromatic heterocycles. The zero-order valence-electron chi connectivity index (χ0n) is 14.7. The van der Waals surface area contributed by atoms with Crippen LogP contribution in [0.2, 0.25) is 0 Å². The van der Waals surface area contributed by atoms with Gasteiger partial charge >= 0.3 is 0 Å². The first-order valence-corrected chi connectivity index (χ1v) is 10.0. The number of carbonyl (C=O) groups is 1. The van der Waals surface area contributed by atoms with E-state index in [2.05, 4.69) is 0 Å². The van der Waals surface area contributed by atoms with Crippen LogP contribution in [0.4, 0.5) is 5.69 Å². The van der Waals surface area contributed by atoms with E-state index in [1.54, 1.807) is 4.90 Å². The molecule has 1 fully saturated rings. The maximum absolute atomic E-state index is 12.7. The maximum Gasteiger partial charge on any atom is 0.253 e. The standard InChI is InChI=1S/C17H27N3O3S/c1-4-13-24(22,23)20-10-6-9-19(11-12-20)17(21)15-7-5-8-16(14-15)18(2)3/h5,7-8,14H,4,6,9-13H2,1-3H3. The van der Waals surface area contributed by atoms with Gasteiger partial charge in [-0.3, -0.25) is 4.79 Å². The summed E-state index contributed by atoms with van der Waals surface area (Å²) >= 11 is 0. The number of sulfonamides is 1. The summed E-state index contributed by atoms with van der Waals surface area (Å²) in [6.45, 7) is 3.76. The van der Waals surface area contributed by atoms with E-state index in [9.17, 15) is 13.2 Å². The summed E-state index contributed by atoms with van der Waals surface area (Å²) < 4.78 is 26.0. The van der Waals surface area contributed by atoms with Crippen molar-refractivity contribution in [3.05, 3.63) is 29.8 Å². The molecule has 1 aliphatic rings. The molecule has 0 bridgehead atoms. The number of nitrogens with zero attached hydrogens (tertiary/aromatic N) is 3. The van der Waals surface area contributed by atoms with Gasteiger partial charge in [-0.2, -0.15) is 0 Å². The quantitative estimate of drug-likeness (QED) is 0.807. The van der Waals surface area contributed by atoms with Crippen LogP contribution in [0.25, 0.3) is 0 Å². The zero-order valence-corrected chi connectivity index (χ0v) is 15.6. The molecule has 0 spiro atoms. The SMILES string of the molecule is CCCS(=O)(=O)N1CCCN(C(=O)c2cccc(N(C)C)c2)CC1. The molecule has 1 saturated heterocycles. The number of hydrogen-bond acceptors (Lipinski definition) is 4. The van der Waals surface area contributed by atoms with Crippen molar-refractivity contribution >= 4 is 21.6 Å². The van der Waals surface area contributed by atoms with Gasteiger partial charge in [0, 0.05) is 51.5 Å². The molecule has 0 saturated carbocycles. The molecule has 0 unspecified atom stereocenters. The van der Waals surface area contributed by atoms with Crippen LogP contribution in [0.15, 0.2) is 24.3 Å². The van der Waals surface area contributed by atoms with Gasteiger partial charge in [-0.25, -0.2) is 12.7 Å². The second-order valence-electron chi connectivity index (χ2n) is 6.31. The molecule has 2 rings (SSSR count). The van der Waals surface area contributed by atoms with Crippen molar-refractivity contribution in [3.8, 4) is 0 Å². The summed E-state index contributed by atoms with van der Waals surface area (Å²) in [6, 6.07) is 7.52. The summed E-state index contributed by atoms with van der Waals surface area (Å²) in [5, 5.41) is 0. The Bertz CT molecular complexity index is 673. The van der Waals surface area contributed by atoms with Crippen LogP contribution < -0.4 is 4.90 Å². The van der Waals surface area contributed by atoms with Crippen molar-refractivity contribution in [2.24, 2.45) is 0 Å². The fourth-order valence-electron chi connectivity index (χ4n) is 2.86. The molecular weight excluding hydrogens is 326 g/mol. The Morgan fingerprint density at radius 3 is 2.58 bits per heavy atom. The Morgan fingerprint density at radius 1 is 1.17 bits per heavy atom. The van der Waals surface area contributed by atoms with Crippen LogP contribution in [0, 0.1) is 0 Å². The van der Waals surface area contributed by atoms with E-state index in [1.807, 2.05) is 50.2 Å². The molecule has 1 aromatic carbocycles. The third-order valence-corrected chi connectivity index (χ3v) is 6.28. The van der Waals surface area contributed by atoms with E-state index in [0.717, 1.165) is 5.69 Å². The van der Waals surface area contributed by atoms with E-state index >= 15 is 0 Å². The fourth-order valence-corrected chi connectivity index (χ4v) is 4.40. The second kappa shape index (κ2) is 7.98. The minimum absolute atomic E-state index is 0.0339. The summed E-state index contributed by atoms with van der Waals surface area (Å²) in [5.41, 5.74) is 1.62. The average molecular weight is 353 g/mol. The number of rotatable bonds is 5. The molecule has 1 aromatic rings. The number of anilines is 1. The highest BCUT2D eigenvalue weighted by Gasteiger charge is 2.26.